The van der Waals surface area contributed by atoms with Crippen molar-refractivity contribution in [3.63, 3.8) is 0 Å². The first kappa shape index (κ1) is 26.7. The molecule has 0 fully saturated rings. The minimum atomic E-state index is -0.347. The molecule has 0 aliphatic carbocycles. The van der Waals surface area contributed by atoms with Gasteiger partial charge in [0.25, 0.3) is 5.91 Å². The Bertz CT molecular complexity index is 1120. The van der Waals surface area contributed by atoms with Crippen molar-refractivity contribution in [3.05, 3.63) is 83.5 Å². The van der Waals surface area contributed by atoms with Crippen LogP contribution in [0.25, 0.3) is 10.8 Å². The number of fused-ring (bicyclic) bond motifs is 1. The van der Waals surface area contributed by atoms with E-state index in [2.05, 4.69) is 69.3 Å². The average molecular weight is 472 g/mol. The zero-order chi connectivity index (χ0) is 25.4. The molecule has 0 bridgehead atoms. The summed E-state index contributed by atoms with van der Waals surface area (Å²) in [5.74, 6) is -0.424. The molecule has 2 aromatic rings. The molecule has 0 spiro atoms. The molecule has 2 unspecified atom stereocenters. The fourth-order valence-electron chi connectivity index (χ4n) is 5.10. The van der Waals surface area contributed by atoms with Crippen LogP contribution in [0, 0.1) is 5.92 Å². The minimum Gasteiger partial charge on any atom is -0.275 e. The maximum absolute atomic E-state index is 13.9. The smallest absolute Gasteiger partial charge is 0.256 e. The molecule has 0 saturated carbocycles. The maximum Gasteiger partial charge on any atom is 0.256 e. The Morgan fingerprint density at radius 3 is 2.51 bits per heavy atom. The Kier molecular flexibility index (Phi) is 9.65. The van der Waals surface area contributed by atoms with Crippen LogP contribution in [0.4, 0.5) is 0 Å². The molecule has 0 saturated heterocycles. The lowest BCUT2D eigenvalue weighted by Gasteiger charge is -2.33. The van der Waals surface area contributed by atoms with Crippen LogP contribution in [0.5, 0.6) is 0 Å². The van der Waals surface area contributed by atoms with E-state index in [1.807, 2.05) is 32.1 Å². The predicted octanol–water partition coefficient (Wildman–Crippen LogP) is 8.13. The van der Waals surface area contributed by atoms with Crippen LogP contribution in [0.3, 0.4) is 0 Å². The van der Waals surface area contributed by atoms with Gasteiger partial charge in [-0.1, -0.05) is 119 Å². The van der Waals surface area contributed by atoms with Gasteiger partial charge >= 0.3 is 0 Å². The summed E-state index contributed by atoms with van der Waals surface area (Å²) in [6.07, 6.45) is 13.4. The van der Waals surface area contributed by atoms with Gasteiger partial charge in [-0.15, -0.1) is 0 Å². The largest absolute Gasteiger partial charge is 0.275 e. The van der Waals surface area contributed by atoms with Crippen LogP contribution in [0.15, 0.2) is 77.9 Å². The summed E-state index contributed by atoms with van der Waals surface area (Å²) in [6, 6.07) is 14.8. The fraction of sp³-hybridized carbons (Fsp3) is 0.438. The third-order valence-corrected chi connectivity index (χ3v) is 7.40. The number of amides is 2. The van der Waals surface area contributed by atoms with Crippen molar-refractivity contribution < 1.29 is 9.59 Å². The van der Waals surface area contributed by atoms with Gasteiger partial charge in [-0.25, -0.2) is 0 Å². The van der Waals surface area contributed by atoms with Crippen LogP contribution in [0.2, 0.25) is 0 Å². The first-order valence-electron chi connectivity index (χ1n) is 13.3. The van der Waals surface area contributed by atoms with E-state index < -0.39 is 0 Å². The zero-order valence-corrected chi connectivity index (χ0v) is 22.1. The van der Waals surface area contributed by atoms with Crippen molar-refractivity contribution in [2.45, 2.75) is 85.1 Å². The molecule has 0 aromatic heterocycles. The van der Waals surface area contributed by atoms with Gasteiger partial charge in [0.1, 0.15) is 0 Å². The van der Waals surface area contributed by atoms with Gasteiger partial charge in [-0.3, -0.25) is 14.5 Å². The molecule has 2 aromatic carbocycles. The van der Waals surface area contributed by atoms with Gasteiger partial charge in [0.15, 0.2) is 0 Å². The molecule has 35 heavy (non-hydrogen) atoms. The van der Waals surface area contributed by atoms with Crippen LogP contribution >= 0.6 is 0 Å². The summed E-state index contributed by atoms with van der Waals surface area (Å²) >= 11 is 0. The Morgan fingerprint density at radius 2 is 1.80 bits per heavy atom. The van der Waals surface area contributed by atoms with Gasteiger partial charge in [-0.2, -0.15) is 0 Å². The van der Waals surface area contributed by atoms with E-state index in [-0.39, 0.29) is 29.7 Å². The van der Waals surface area contributed by atoms with Crippen molar-refractivity contribution in [1.29, 1.82) is 0 Å². The van der Waals surface area contributed by atoms with Gasteiger partial charge in [0.05, 0.1) is 5.92 Å². The standard InChI is InChI=1S/C32H41NO2/c1-6-9-10-19-28(8-3)33-31(34)23(4)15-13-18-27(22-25(7-2)32(33)35)24(5)29-21-14-17-26-16-11-12-20-30(26)29/h7,11-18,20-21,23-24,28H,6,8-10,19,22H2,1-5H3/b15-13-,25-7+,27-18+/t23?,24-,28?/m1/s1. The van der Waals surface area contributed by atoms with Crippen LogP contribution < -0.4 is 0 Å². The molecule has 2 amide bonds. The van der Waals surface area contributed by atoms with Crippen molar-refractivity contribution in [2.75, 3.05) is 0 Å². The lowest BCUT2D eigenvalue weighted by atomic mass is 9.84. The first-order valence-corrected chi connectivity index (χ1v) is 13.3. The third kappa shape index (κ3) is 6.20. The van der Waals surface area contributed by atoms with E-state index in [4.69, 9.17) is 0 Å². The molecular formula is C32H41NO2. The van der Waals surface area contributed by atoms with Crippen LogP contribution in [-0.2, 0) is 9.59 Å². The van der Waals surface area contributed by atoms with Gasteiger partial charge in [0.2, 0.25) is 5.91 Å². The first-order chi connectivity index (χ1) is 16.9. The van der Waals surface area contributed by atoms with Crippen LogP contribution in [0.1, 0.15) is 84.6 Å². The highest BCUT2D eigenvalue weighted by atomic mass is 16.2. The molecule has 3 nitrogen and oxygen atoms in total. The number of hydrogen-bond acceptors (Lipinski definition) is 2. The highest BCUT2D eigenvalue weighted by Crippen LogP contribution is 2.35. The Hall–Kier alpha value is -2.94. The summed E-state index contributed by atoms with van der Waals surface area (Å²) in [5, 5.41) is 2.46. The molecule has 3 heteroatoms. The number of allylic oxidation sites excluding steroid dienone is 4. The highest BCUT2D eigenvalue weighted by molar-refractivity contribution is 6.05. The van der Waals surface area contributed by atoms with E-state index in [1.54, 1.807) is 4.90 Å². The lowest BCUT2D eigenvalue weighted by Crippen LogP contribution is -2.47. The lowest BCUT2D eigenvalue weighted by molar-refractivity contribution is -0.147. The Balaban J connectivity index is 2.00. The Labute approximate surface area is 211 Å². The highest BCUT2D eigenvalue weighted by Gasteiger charge is 2.33. The van der Waals surface area contributed by atoms with Crippen molar-refractivity contribution >= 4 is 22.6 Å². The van der Waals surface area contributed by atoms with Crippen molar-refractivity contribution in [3.8, 4) is 0 Å². The number of carbonyl (C=O) groups excluding carboxylic acids is 2. The van der Waals surface area contributed by atoms with E-state index in [0.717, 1.165) is 32.1 Å². The van der Waals surface area contributed by atoms with E-state index >= 15 is 0 Å². The molecule has 0 N–H and O–H groups in total. The van der Waals surface area contributed by atoms with E-state index in [9.17, 15) is 9.59 Å². The van der Waals surface area contributed by atoms with Gasteiger partial charge < -0.3 is 0 Å². The molecule has 3 atom stereocenters. The van der Waals surface area contributed by atoms with E-state index in [0.29, 0.717) is 12.0 Å². The number of rotatable bonds is 8. The van der Waals surface area contributed by atoms with Crippen molar-refractivity contribution in [1.82, 2.24) is 4.90 Å². The maximum atomic E-state index is 13.9. The zero-order valence-electron chi connectivity index (χ0n) is 22.1. The summed E-state index contributed by atoms with van der Waals surface area (Å²) < 4.78 is 0. The van der Waals surface area contributed by atoms with Gasteiger partial charge in [0, 0.05) is 17.5 Å². The number of hydrogen-bond donors (Lipinski definition) is 0. The topological polar surface area (TPSA) is 37.4 Å². The molecule has 3 rings (SSSR count). The number of carbonyl (C=O) groups is 2. The molecule has 1 aliphatic heterocycles. The minimum absolute atomic E-state index is 0.0605. The van der Waals surface area contributed by atoms with Crippen LogP contribution in [-0.4, -0.2) is 22.8 Å². The van der Waals surface area contributed by atoms with Gasteiger partial charge in [-0.05, 0) is 42.5 Å². The number of imide groups is 1. The number of benzene rings is 2. The van der Waals surface area contributed by atoms with E-state index in [1.165, 1.54) is 21.9 Å². The summed E-state index contributed by atoms with van der Waals surface area (Å²) in [5.41, 5.74) is 3.14. The summed E-state index contributed by atoms with van der Waals surface area (Å²) in [7, 11) is 0. The third-order valence-electron chi connectivity index (χ3n) is 7.40. The average Bonchev–Trinajstić information content (AvgIpc) is 2.88. The number of nitrogens with zero attached hydrogens (tertiary/aromatic N) is 1. The normalized spacial score (nSPS) is 22.7. The molecule has 0 radical (unpaired) electrons. The SMILES string of the molecule is C/C=C1\C/C([C@@H](C)c2cccc3ccccc23)=C\C=C/C(C)C(=O)N(C(CC)CCCCC)C1=O. The molecule has 1 heterocycles. The summed E-state index contributed by atoms with van der Waals surface area (Å²) in [4.78, 5) is 28.9. The second-order valence-electron chi connectivity index (χ2n) is 9.77. The second kappa shape index (κ2) is 12.7. The summed E-state index contributed by atoms with van der Waals surface area (Å²) in [6.45, 7) is 10.3. The monoisotopic (exact) mass is 471 g/mol. The molecule has 186 valence electrons. The second-order valence-corrected chi connectivity index (χ2v) is 9.77. The van der Waals surface area contributed by atoms with Crippen molar-refractivity contribution in [2.24, 2.45) is 5.92 Å². The quantitative estimate of drug-likeness (QED) is 0.221. The molecule has 1 aliphatic rings. The molecular weight excluding hydrogens is 430 g/mol. The predicted molar refractivity (Wildman–Crippen MR) is 147 cm³/mol. The Morgan fingerprint density at radius 1 is 1.06 bits per heavy atom. The fourth-order valence-corrected chi connectivity index (χ4v) is 5.10. The number of unbranched alkanes of at least 4 members (excludes halogenated alkanes) is 2.